The van der Waals surface area contributed by atoms with Gasteiger partial charge in [0.25, 0.3) is 5.91 Å². The van der Waals surface area contributed by atoms with Gasteiger partial charge in [-0.05, 0) is 75.3 Å². The molecule has 5 rings (SSSR count). The Hall–Kier alpha value is -2.94. The molecule has 2 N–H and O–H groups in total. The van der Waals surface area contributed by atoms with Crippen molar-refractivity contribution < 1.29 is 19.2 Å². The van der Waals surface area contributed by atoms with Gasteiger partial charge in [0.1, 0.15) is 6.04 Å². The largest absolute Gasteiger partial charge is 0.372 e. The number of hydrogen-bond acceptors (Lipinski definition) is 6. The highest BCUT2D eigenvalue weighted by Gasteiger charge is 2.52. The van der Waals surface area contributed by atoms with E-state index in [4.69, 9.17) is 0 Å². The molecule has 4 fully saturated rings. The molecule has 0 spiro atoms. The van der Waals surface area contributed by atoms with Gasteiger partial charge in [-0.25, -0.2) is 0 Å². The summed E-state index contributed by atoms with van der Waals surface area (Å²) in [5.74, 6) is -0.0981. The van der Waals surface area contributed by atoms with Crippen LogP contribution in [0.2, 0.25) is 0 Å². The molecule has 200 valence electrons. The van der Waals surface area contributed by atoms with E-state index in [-0.39, 0.29) is 48.1 Å². The predicted molar refractivity (Wildman–Crippen MR) is 140 cm³/mol. The second-order valence-corrected chi connectivity index (χ2v) is 11.1. The molecule has 9 nitrogen and oxygen atoms in total. The van der Waals surface area contributed by atoms with Gasteiger partial charge in [-0.15, -0.1) is 0 Å². The lowest BCUT2D eigenvalue weighted by atomic mass is 10.0. The van der Waals surface area contributed by atoms with E-state index in [0.717, 1.165) is 38.2 Å². The van der Waals surface area contributed by atoms with Crippen LogP contribution < -0.4 is 15.5 Å². The maximum absolute atomic E-state index is 13.1. The van der Waals surface area contributed by atoms with Crippen molar-refractivity contribution >= 4 is 29.2 Å². The summed E-state index contributed by atoms with van der Waals surface area (Å²) in [5, 5.41) is 6.19. The number of benzene rings is 1. The first-order valence-corrected chi connectivity index (χ1v) is 13.9. The van der Waals surface area contributed by atoms with Gasteiger partial charge in [0.2, 0.25) is 11.8 Å². The standard InChI is InChI=1S/C28H39N5O4/c1-19(10-13-30-27(36)20-6-8-21(9-7-20)31-14-2-3-15-31)17-25(35)32-16-11-23-26(32)24(34)18-33(23)28(37)22-5-4-12-29-22/h6-9,19,22-23,26,29H,2-5,10-18H2,1H3,(H,30,36). The Balaban J connectivity index is 1.07. The minimum Gasteiger partial charge on any atom is -0.372 e. The molecule has 0 aliphatic carbocycles. The summed E-state index contributed by atoms with van der Waals surface area (Å²) >= 11 is 0. The molecular formula is C28H39N5O4. The molecule has 37 heavy (non-hydrogen) atoms. The number of nitrogens with one attached hydrogen (secondary N) is 2. The molecule has 3 amide bonds. The molecule has 0 aromatic heterocycles. The van der Waals surface area contributed by atoms with Gasteiger partial charge in [0, 0.05) is 43.9 Å². The number of carbonyl (C=O) groups is 4. The summed E-state index contributed by atoms with van der Waals surface area (Å²) in [6, 6.07) is 6.85. The highest BCUT2D eigenvalue weighted by Crippen LogP contribution is 2.32. The number of Topliss-reactive ketones (excluding diaryl/α,β-unsaturated/α-hetero) is 1. The third-order valence-electron chi connectivity index (χ3n) is 8.43. The Bertz CT molecular complexity index is 1020. The van der Waals surface area contributed by atoms with Crippen molar-refractivity contribution in [3.05, 3.63) is 29.8 Å². The quantitative estimate of drug-likeness (QED) is 0.552. The second-order valence-electron chi connectivity index (χ2n) is 11.1. The van der Waals surface area contributed by atoms with Crippen molar-refractivity contribution in [3.63, 3.8) is 0 Å². The van der Waals surface area contributed by atoms with Crippen LogP contribution in [0.1, 0.15) is 62.2 Å². The zero-order valence-electron chi connectivity index (χ0n) is 21.8. The van der Waals surface area contributed by atoms with Crippen molar-refractivity contribution in [1.29, 1.82) is 0 Å². The van der Waals surface area contributed by atoms with Crippen molar-refractivity contribution in [2.75, 3.05) is 44.2 Å². The number of nitrogens with zero attached hydrogens (tertiary/aromatic N) is 3. The Kier molecular flexibility index (Phi) is 7.79. The van der Waals surface area contributed by atoms with E-state index >= 15 is 0 Å². The first-order valence-electron chi connectivity index (χ1n) is 13.9. The normalized spacial score (nSPS) is 26.0. The highest BCUT2D eigenvalue weighted by atomic mass is 16.2. The van der Waals surface area contributed by atoms with Gasteiger partial charge in [-0.2, -0.15) is 0 Å². The van der Waals surface area contributed by atoms with Crippen molar-refractivity contribution in [1.82, 2.24) is 20.4 Å². The fourth-order valence-corrected chi connectivity index (χ4v) is 6.34. The van der Waals surface area contributed by atoms with Gasteiger partial charge < -0.3 is 25.3 Å². The lowest BCUT2D eigenvalue weighted by molar-refractivity contribution is -0.137. The number of amides is 3. The molecule has 1 aromatic carbocycles. The van der Waals surface area contributed by atoms with Crippen LogP contribution in [0.5, 0.6) is 0 Å². The van der Waals surface area contributed by atoms with Crippen LogP contribution in [0, 0.1) is 5.92 Å². The van der Waals surface area contributed by atoms with Crippen LogP contribution in [0.15, 0.2) is 24.3 Å². The number of rotatable bonds is 8. The topological polar surface area (TPSA) is 102 Å². The minimum absolute atomic E-state index is 0.00226. The van der Waals surface area contributed by atoms with Crippen LogP contribution in [-0.2, 0) is 14.4 Å². The van der Waals surface area contributed by atoms with E-state index in [0.29, 0.717) is 37.9 Å². The average molecular weight is 510 g/mol. The molecule has 4 heterocycles. The summed E-state index contributed by atoms with van der Waals surface area (Å²) in [6.45, 7) is 6.09. The Labute approximate surface area is 218 Å². The maximum atomic E-state index is 13.1. The van der Waals surface area contributed by atoms with Crippen LogP contribution in [0.25, 0.3) is 0 Å². The summed E-state index contributed by atoms with van der Waals surface area (Å²) < 4.78 is 0. The molecule has 0 saturated carbocycles. The van der Waals surface area contributed by atoms with Gasteiger partial charge in [0.15, 0.2) is 5.78 Å². The molecule has 0 radical (unpaired) electrons. The Morgan fingerprint density at radius 1 is 1.03 bits per heavy atom. The number of fused-ring (bicyclic) bond motifs is 1. The minimum atomic E-state index is -0.506. The molecule has 9 heteroatoms. The molecular weight excluding hydrogens is 470 g/mol. The van der Waals surface area contributed by atoms with E-state index in [1.165, 1.54) is 12.8 Å². The fraction of sp³-hybridized carbons (Fsp3) is 0.643. The number of likely N-dealkylation sites (tertiary alicyclic amines) is 2. The van der Waals surface area contributed by atoms with Crippen molar-refractivity contribution in [2.24, 2.45) is 5.92 Å². The summed E-state index contributed by atoms with van der Waals surface area (Å²) in [6.07, 6.45) is 5.87. The SMILES string of the molecule is CC(CCNC(=O)c1ccc(N2CCCC2)cc1)CC(=O)N1CCC2C1C(=O)CN2C(=O)C1CCCN1. The zero-order chi connectivity index (χ0) is 25.9. The maximum Gasteiger partial charge on any atom is 0.251 e. The predicted octanol–water partition coefficient (Wildman–Crippen LogP) is 1.57. The zero-order valence-corrected chi connectivity index (χ0v) is 21.8. The summed E-state index contributed by atoms with van der Waals surface area (Å²) in [7, 11) is 0. The van der Waals surface area contributed by atoms with E-state index in [1.807, 2.05) is 31.2 Å². The third-order valence-corrected chi connectivity index (χ3v) is 8.43. The number of ketones is 1. The van der Waals surface area contributed by atoms with Crippen LogP contribution in [0.4, 0.5) is 5.69 Å². The molecule has 4 unspecified atom stereocenters. The highest BCUT2D eigenvalue weighted by molar-refractivity contribution is 5.98. The van der Waals surface area contributed by atoms with Crippen molar-refractivity contribution in [3.8, 4) is 0 Å². The number of anilines is 1. The Morgan fingerprint density at radius 2 is 1.78 bits per heavy atom. The molecule has 4 saturated heterocycles. The van der Waals surface area contributed by atoms with Gasteiger partial charge >= 0.3 is 0 Å². The van der Waals surface area contributed by atoms with Gasteiger partial charge in [-0.1, -0.05) is 6.92 Å². The molecule has 1 aromatic rings. The molecule has 4 aliphatic rings. The van der Waals surface area contributed by atoms with Crippen molar-refractivity contribution in [2.45, 2.75) is 70.0 Å². The lowest BCUT2D eigenvalue weighted by Gasteiger charge is -2.26. The lowest BCUT2D eigenvalue weighted by Crippen LogP contribution is -2.47. The molecule has 4 atom stereocenters. The third kappa shape index (κ3) is 5.51. The van der Waals surface area contributed by atoms with Gasteiger partial charge in [0.05, 0.1) is 18.6 Å². The first kappa shape index (κ1) is 25.7. The van der Waals surface area contributed by atoms with Crippen LogP contribution >= 0.6 is 0 Å². The van der Waals surface area contributed by atoms with E-state index in [9.17, 15) is 19.2 Å². The van der Waals surface area contributed by atoms with Crippen LogP contribution in [0.3, 0.4) is 0 Å². The molecule has 4 aliphatic heterocycles. The van der Waals surface area contributed by atoms with E-state index in [2.05, 4.69) is 15.5 Å². The monoisotopic (exact) mass is 509 g/mol. The number of carbonyl (C=O) groups excluding carboxylic acids is 4. The Morgan fingerprint density at radius 3 is 2.49 bits per heavy atom. The number of hydrogen-bond donors (Lipinski definition) is 2. The van der Waals surface area contributed by atoms with E-state index < -0.39 is 6.04 Å². The second kappa shape index (κ2) is 11.2. The average Bonchev–Trinajstić information content (AvgIpc) is 3.70. The van der Waals surface area contributed by atoms with Gasteiger partial charge in [-0.3, -0.25) is 19.2 Å². The first-order chi connectivity index (χ1) is 17.9. The smallest absolute Gasteiger partial charge is 0.251 e. The summed E-state index contributed by atoms with van der Waals surface area (Å²) in [4.78, 5) is 57.1. The summed E-state index contributed by atoms with van der Waals surface area (Å²) in [5.41, 5.74) is 1.80. The van der Waals surface area contributed by atoms with Crippen LogP contribution in [-0.4, -0.2) is 90.7 Å². The van der Waals surface area contributed by atoms with E-state index in [1.54, 1.807) is 9.80 Å². The molecule has 0 bridgehead atoms. The fourth-order valence-electron chi connectivity index (χ4n) is 6.34.